The molecule has 9 heteroatoms. The van der Waals surface area contributed by atoms with Crippen molar-refractivity contribution >= 4 is 11.9 Å². The Labute approximate surface area is 127 Å². The van der Waals surface area contributed by atoms with Gasteiger partial charge in [0, 0.05) is 6.92 Å². The predicted molar refractivity (Wildman–Crippen MR) is 74.5 cm³/mol. The molecule has 0 radical (unpaired) electrons. The molecule has 0 saturated carbocycles. The molecule has 5 atom stereocenters. The SMILES string of the molecule is CNC1C=C(C(=O)OC)OC(C(O)C(O)CO)C1NC(C)=O. The van der Waals surface area contributed by atoms with E-state index in [9.17, 15) is 19.8 Å². The zero-order valence-corrected chi connectivity index (χ0v) is 12.6. The molecule has 9 nitrogen and oxygen atoms in total. The van der Waals surface area contributed by atoms with Crippen LogP contribution < -0.4 is 10.6 Å². The summed E-state index contributed by atoms with van der Waals surface area (Å²) in [5.41, 5.74) is 0. The summed E-state index contributed by atoms with van der Waals surface area (Å²) < 4.78 is 9.95. The van der Waals surface area contributed by atoms with Crippen LogP contribution in [0.3, 0.4) is 0 Å². The highest BCUT2D eigenvalue weighted by Crippen LogP contribution is 2.23. The van der Waals surface area contributed by atoms with E-state index in [1.165, 1.54) is 20.1 Å². The van der Waals surface area contributed by atoms with Gasteiger partial charge in [-0.05, 0) is 13.1 Å². The summed E-state index contributed by atoms with van der Waals surface area (Å²) in [7, 11) is 2.77. The minimum atomic E-state index is -1.52. The maximum atomic E-state index is 11.6. The van der Waals surface area contributed by atoms with Gasteiger partial charge < -0.3 is 35.4 Å². The molecule has 5 N–H and O–H groups in total. The van der Waals surface area contributed by atoms with E-state index in [1.807, 2.05) is 0 Å². The zero-order valence-electron chi connectivity index (χ0n) is 12.6. The van der Waals surface area contributed by atoms with Crippen molar-refractivity contribution in [1.82, 2.24) is 10.6 Å². The van der Waals surface area contributed by atoms with Gasteiger partial charge in [0.05, 0.1) is 25.8 Å². The molecule has 0 aliphatic carbocycles. The summed E-state index contributed by atoms with van der Waals surface area (Å²) in [6.45, 7) is 0.591. The van der Waals surface area contributed by atoms with Crippen molar-refractivity contribution in [2.45, 2.75) is 37.3 Å². The summed E-state index contributed by atoms with van der Waals surface area (Å²) in [6.07, 6.45) is -2.74. The molecule has 0 aromatic carbocycles. The number of aliphatic hydroxyl groups is 3. The van der Waals surface area contributed by atoms with Crippen LogP contribution in [0.4, 0.5) is 0 Å². The molecule has 0 fully saturated rings. The Bertz CT molecular complexity index is 440. The Morgan fingerprint density at radius 1 is 1.45 bits per heavy atom. The molecule has 0 aromatic rings. The second kappa shape index (κ2) is 8.08. The molecule has 1 amide bonds. The normalized spacial score (nSPS) is 27.2. The van der Waals surface area contributed by atoms with Crippen LogP contribution in [0.2, 0.25) is 0 Å². The van der Waals surface area contributed by atoms with E-state index >= 15 is 0 Å². The van der Waals surface area contributed by atoms with Gasteiger partial charge in [-0.3, -0.25) is 4.79 Å². The highest BCUT2D eigenvalue weighted by Gasteiger charge is 2.43. The first-order valence-electron chi connectivity index (χ1n) is 6.73. The summed E-state index contributed by atoms with van der Waals surface area (Å²) in [6, 6.07) is -1.30. The van der Waals surface area contributed by atoms with E-state index in [4.69, 9.17) is 9.84 Å². The van der Waals surface area contributed by atoms with Gasteiger partial charge in [-0.25, -0.2) is 4.79 Å². The summed E-state index contributed by atoms with van der Waals surface area (Å²) in [5.74, 6) is -1.28. The number of rotatable bonds is 6. The minimum absolute atomic E-state index is 0.155. The van der Waals surface area contributed by atoms with Crippen molar-refractivity contribution in [3.05, 3.63) is 11.8 Å². The lowest BCUT2D eigenvalue weighted by Gasteiger charge is -2.39. The van der Waals surface area contributed by atoms with Crippen LogP contribution in [0.25, 0.3) is 0 Å². The molecule has 126 valence electrons. The van der Waals surface area contributed by atoms with Gasteiger partial charge in [0.25, 0.3) is 0 Å². The molecule has 0 bridgehead atoms. The summed E-state index contributed by atoms with van der Waals surface area (Å²) in [5, 5.41) is 34.2. The molecule has 1 aliphatic rings. The van der Waals surface area contributed by atoms with Gasteiger partial charge in [0.1, 0.15) is 18.3 Å². The molecule has 22 heavy (non-hydrogen) atoms. The third kappa shape index (κ3) is 4.17. The largest absolute Gasteiger partial charge is 0.478 e. The average molecular weight is 318 g/mol. The van der Waals surface area contributed by atoms with Crippen LogP contribution in [-0.2, 0) is 19.1 Å². The first-order chi connectivity index (χ1) is 10.3. The Morgan fingerprint density at radius 3 is 2.55 bits per heavy atom. The monoisotopic (exact) mass is 318 g/mol. The number of carbonyl (C=O) groups is 2. The lowest BCUT2D eigenvalue weighted by atomic mass is 9.92. The lowest BCUT2D eigenvalue weighted by molar-refractivity contribution is -0.149. The van der Waals surface area contributed by atoms with Crippen molar-refractivity contribution < 1.29 is 34.4 Å². The molecule has 0 saturated heterocycles. The van der Waals surface area contributed by atoms with Crippen LogP contribution >= 0.6 is 0 Å². The molecule has 5 unspecified atom stereocenters. The maximum absolute atomic E-state index is 11.6. The van der Waals surface area contributed by atoms with Gasteiger partial charge in [-0.15, -0.1) is 0 Å². The number of methoxy groups -OCH3 is 1. The predicted octanol–water partition coefficient (Wildman–Crippen LogP) is -2.75. The number of amides is 1. The van der Waals surface area contributed by atoms with Crippen molar-refractivity contribution in [3.8, 4) is 0 Å². The molecular formula is C13H22N2O7. The Hall–Kier alpha value is -1.68. The maximum Gasteiger partial charge on any atom is 0.373 e. The van der Waals surface area contributed by atoms with Gasteiger partial charge in [-0.2, -0.15) is 0 Å². The van der Waals surface area contributed by atoms with E-state index in [0.29, 0.717) is 0 Å². The second-order valence-electron chi connectivity index (χ2n) is 4.89. The Morgan fingerprint density at radius 2 is 2.09 bits per heavy atom. The third-order valence-electron chi connectivity index (χ3n) is 3.34. The number of nitrogens with one attached hydrogen (secondary N) is 2. The zero-order chi connectivity index (χ0) is 16.9. The number of hydrogen-bond donors (Lipinski definition) is 5. The molecule has 0 spiro atoms. The molecule has 1 heterocycles. The lowest BCUT2D eigenvalue weighted by Crippen LogP contribution is -2.62. The van der Waals surface area contributed by atoms with E-state index < -0.39 is 43.0 Å². The van der Waals surface area contributed by atoms with E-state index in [2.05, 4.69) is 15.4 Å². The van der Waals surface area contributed by atoms with Crippen LogP contribution in [0.1, 0.15) is 6.92 Å². The minimum Gasteiger partial charge on any atom is -0.478 e. The number of carbonyl (C=O) groups excluding carboxylic acids is 2. The fourth-order valence-corrected chi connectivity index (χ4v) is 2.23. The second-order valence-corrected chi connectivity index (χ2v) is 4.89. The number of ether oxygens (including phenoxy) is 2. The van der Waals surface area contributed by atoms with Crippen molar-refractivity contribution in [2.75, 3.05) is 20.8 Å². The van der Waals surface area contributed by atoms with Gasteiger partial charge in [0.2, 0.25) is 11.7 Å². The topological polar surface area (TPSA) is 137 Å². The van der Waals surface area contributed by atoms with Gasteiger partial charge in [-0.1, -0.05) is 0 Å². The first-order valence-corrected chi connectivity index (χ1v) is 6.73. The van der Waals surface area contributed by atoms with Crippen molar-refractivity contribution in [2.24, 2.45) is 0 Å². The van der Waals surface area contributed by atoms with E-state index in [-0.39, 0.29) is 11.7 Å². The standard InChI is InChI=1S/C13H22N2O7/c1-6(17)15-10-7(14-2)4-9(13(20)21-3)22-12(10)11(19)8(18)5-16/h4,7-8,10-12,14,16,18-19H,5H2,1-3H3,(H,15,17). The first kappa shape index (κ1) is 18.4. The smallest absolute Gasteiger partial charge is 0.373 e. The molecule has 0 aromatic heterocycles. The highest BCUT2D eigenvalue weighted by molar-refractivity contribution is 5.86. The van der Waals surface area contributed by atoms with Gasteiger partial charge >= 0.3 is 5.97 Å². The summed E-state index contributed by atoms with van der Waals surface area (Å²) >= 11 is 0. The Kier molecular flexibility index (Phi) is 6.75. The van der Waals surface area contributed by atoms with Crippen LogP contribution in [0, 0.1) is 0 Å². The van der Waals surface area contributed by atoms with Crippen LogP contribution in [-0.4, -0.2) is 78.4 Å². The summed E-state index contributed by atoms with van der Waals surface area (Å²) in [4.78, 5) is 23.0. The quantitative estimate of drug-likeness (QED) is 0.332. The van der Waals surface area contributed by atoms with E-state index in [1.54, 1.807) is 7.05 Å². The molecule has 1 aliphatic heterocycles. The number of esters is 1. The Balaban J connectivity index is 3.14. The van der Waals surface area contributed by atoms with Crippen molar-refractivity contribution in [3.63, 3.8) is 0 Å². The average Bonchev–Trinajstić information content (AvgIpc) is 2.52. The molecule has 1 rings (SSSR count). The molecular weight excluding hydrogens is 296 g/mol. The third-order valence-corrected chi connectivity index (χ3v) is 3.34. The number of aliphatic hydroxyl groups excluding tert-OH is 3. The van der Waals surface area contributed by atoms with Crippen LogP contribution in [0.15, 0.2) is 11.8 Å². The van der Waals surface area contributed by atoms with Crippen LogP contribution in [0.5, 0.6) is 0 Å². The van der Waals surface area contributed by atoms with Crippen molar-refractivity contribution in [1.29, 1.82) is 0 Å². The number of hydrogen-bond acceptors (Lipinski definition) is 8. The number of likely N-dealkylation sites (N-methyl/N-ethyl adjacent to an activating group) is 1. The fraction of sp³-hybridized carbons (Fsp3) is 0.692. The van der Waals surface area contributed by atoms with E-state index in [0.717, 1.165) is 0 Å². The highest BCUT2D eigenvalue weighted by atomic mass is 16.6. The van der Waals surface area contributed by atoms with Gasteiger partial charge in [0.15, 0.2) is 0 Å². The fourth-order valence-electron chi connectivity index (χ4n) is 2.23.